The molecule has 0 aliphatic rings. The van der Waals surface area contributed by atoms with Gasteiger partial charge in [0.25, 0.3) is 0 Å². The van der Waals surface area contributed by atoms with Crippen molar-refractivity contribution in [2.45, 2.75) is 6.92 Å². The zero-order valence-electron chi connectivity index (χ0n) is 7.05. The highest BCUT2D eigenvalue weighted by Gasteiger charge is 1.97. The summed E-state index contributed by atoms with van der Waals surface area (Å²) in [4.78, 5) is 10.6. The van der Waals surface area contributed by atoms with Gasteiger partial charge in [-0.1, -0.05) is 12.1 Å². The predicted molar refractivity (Wildman–Crippen MR) is 53.8 cm³/mol. The third kappa shape index (κ3) is 3.11. The minimum absolute atomic E-state index is 0.0525. The number of ketones is 1. The first-order valence-electron chi connectivity index (χ1n) is 3.73. The second kappa shape index (κ2) is 4.33. The predicted octanol–water partition coefficient (Wildman–Crippen LogP) is 3.19. The van der Waals surface area contributed by atoms with E-state index in [1.807, 2.05) is 0 Å². The quantitative estimate of drug-likeness (QED) is 0.729. The molecule has 1 rings (SSSR count). The maximum absolute atomic E-state index is 12.9. The average molecular weight is 243 g/mol. The monoisotopic (exact) mass is 242 g/mol. The average Bonchev–Trinajstić information content (AvgIpc) is 2.07. The van der Waals surface area contributed by atoms with E-state index < -0.39 is 0 Å². The molecule has 1 nitrogen and oxygen atoms in total. The van der Waals surface area contributed by atoms with Crippen LogP contribution >= 0.6 is 15.9 Å². The van der Waals surface area contributed by atoms with Crippen molar-refractivity contribution in [1.29, 1.82) is 0 Å². The van der Waals surface area contributed by atoms with Crippen LogP contribution < -0.4 is 0 Å². The van der Waals surface area contributed by atoms with E-state index in [1.165, 1.54) is 19.1 Å². The van der Waals surface area contributed by atoms with Crippen molar-refractivity contribution in [2.24, 2.45) is 0 Å². The number of hydrogen-bond acceptors (Lipinski definition) is 1. The zero-order chi connectivity index (χ0) is 9.84. The van der Waals surface area contributed by atoms with Gasteiger partial charge in [0.05, 0.1) is 4.47 Å². The molecule has 0 atom stereocenters. The highest BCUT2D eigenvalue weighted by atomic mass is 79.9. The molecule has 0 spiro atoms. The Hall–Kier alpha value is -0.960. The van der Waals surface area contributed by atoms with Gasteiger partial charge in [-0.3, -0.25) is 4.79 Å². The maximum Gasteiger partial charge on any atom is 0.152 e. The Morgan fingerprint density at radius 3 is 2.77 bits per heavy atom. The Bertz CT molecular complexity index is 358. The molecule has 1 aromatic carbocycles. The van der Waals surface area contributed by atoms with Crippen LogP contribution in [0.1, 0.15) is 12.5 Å². The third-order valence-corrected chi connectivity index (χ3v) is 2.10. The van der Waals surface area contributed by atoms with E-state index in [0.29, 0.717) is 10.0 Å². The van der Waals surface area contributed by atoms with E-state index in [4.69, 9.17) is 0 Å². The summed E-state index contributed by atoms with van der Waals surface area (Å²) in [6, 6.07) is 4.70. The molecule has 0 aromatic heterocycles. The van der Waals surface area contributed by atoms with Crippen LogP contribution in [0.2, 0.25) is 0 Å². The lowest BCUT2D eigenvalue weighted by atomic mass is 10.2. The number of halogens is 2. The molecule has 0 aliphatic carbocycles. The summed E-state index contributed by atoms with van der Waals surface area (Å²) in [6.45, 7) is 1.45. The van der Waals surface area contributed by atoms with Gasteiger partial charge in [0, 0.05) is 0 Å². The van der Waals surface area contributed by atoms with Gasteiger partial charge >= 0.3 is 0 Å². The van der Waals surface area contributed by atoms with E-state index in [1.54, 1.807) is 18.2 Å². The van der Waals surface area contributed by atoms with Gasteiger partial charge < -0.3 is 0 Å². The Kier molecular flexibility index (Phi) is 3.37. The van der Waals surface area contributed by atoms with Crippen LogP contribution in [0.25, 0.3) is 6.08 Å². The minimum atomic E-state index is -0.328. The van der Waals surface area contributed by atoms with Crippen LogP contribution in [0.5, 0.6) is 0 Å². The fourth-order valence-corrected chi connectivity index (χ4v) is 1.08. The number of hydrogen-bond donors (Lipinski definition) is 0. The molecule has 0 unspecified atom stereocenters. The summed E-state index contributed by atoms with van der Waals surface area (Å²) in [6.07, 6.45) is 2.99. The lowest BCUT2D eigenvalue weighted by Gasteiger charge is -1.95. The minimum Gasteiger partial charge on any atom is -0.295 e. The van der Waals surface area contributed by atoms with Gasteiger partial charge in [-0.25, -0.2) is 4.39 Å². The van der Waals surface area contributed by atoms with Crippen molar-refractivity contribution in [3.63, 3.8) is 0 Å². The SMILES string of the molecule is CC(=O)/C=C/c1ccc(Br)c(F)c1. The zero-order valence-corrected chi connectivity index (χ0v) is 8.64. The fourth-order valence-electron chi connectivity index (χ4n) is 0.830. The first kappa shape index (κ1) is 10.1. The van der Waals surface area contributed by atoms with Crippen LogP contribution in [0.4, 0.5) is 4.39 Å². The van der Waals surface area contributed by atoms with Crippen LogP contribution in [-0.2, 0) is 4.79 Å². The third-order valence-electron chi connectivity index (χ3n) is 1.45. The largest absolute Gasteiger partial charge is 0.295 e. The van der Waals surface area contributed by atoms with Gasteiger partial charge in [-0.05, 0) is 46.6 Å². The van der Waals surface area contributed by atoms with Crippen LogP contribution in [0, 0.1) is 5.82 Å². The van der Waals surface area contributed by atoms with E-state index in [0.717, 1.165) is 0 Å². The number of carbonyl (C=O) groups is 1. The number of allylic oxidation sites excluding steroid dienone is 1. The molecule has 13 heavy (non-hydrogen) atoms. The number of benzene rings is 1. The summed E-state index contributed by atoms with van der Waals surface area (Å²) in [5.41, 5.74) is 0.677. The Morgan fingerprint density at radius 2 is 2.23 bits per heavy atom. The van der Waals surface area contributed by atoms with Crippen molar-refractivity contribution in [3.05, 3.63) is 40.1 Å². The van der Waals surface area contributed by atoms with Gasteiger partial charge in [0.2, 0.25) is 0 Å². The van der Waals surface area contributed by atoms with Gasteiger partial charge in [-0.2, -0.15) is 0 Å². The molecule has 0 aliphatic heterocycles. The van der Waals surface area contributed by atoms with Crippen LogP contribution in [-0.4, -0.2) is 5.78 Å². The van der Waals surface area contributed by atoms with Crippen molar-refractivity contribution >= 4 is 27.8 Å². The van der Waals surface area contributed by atoms with E-state index in [-0.39, 0.29) is 11.6 Å². The van der Waals surface area contributed by atoms with Crippen molar-refractivity contribution in [2.75, 3.05) is 0 Å². The molecular weight excluding hydrogens is 235 g/mol. The van der Waals surface area contributed by atoms with E-state index in [2.05, 4.69) is 15.9 Å². The number of carbonyl (C=O) groups excluding carboxylic acids is 1. The Morgan fingerprint density at radius 1 is 1.54 bits per heavy atom. The topological polar surface area (TPSA) is 17.1 Å². The number of rotatable bonds is 2. The standard InChI is InChI=1S/C10H8BrFO/c1-7(13)2-3-8-4-5-9(11)10(12)6-8/h2-6H,1H3/b3-2+. The van der Waals surface area contributed by atoms with Gasteiger partial charge in [0.1, 0.15) is 5.82 Å². The lowest BCUT2D eigenvalue weighted by molar-refractivity contribution is -0.112. The molecule has 0 radical (unpaired) electrons. The Labute approximate surface area is 84.4 Å². The van der Waals surface area contributed by atoms with E-state index >= 15 is 0 Å². The first-order valence-corrected chi connectivity index (χ1v) is 4.52. The molecule has 0 heterocycles. The summed E-state index contributed by atoms with van der Waals surface area (Å²) < 4.78 is 13.4. The highest BCUT2D eigenvalue weighted by Crippen LogP contribution is 2.16. The van der Waals surface area contributed by atoms with Gasteiger partial charge in [0.15, 0.2) is 5.78 Å². The molecule has 3 heteroatoms. The first-order chi connectivity index (χ1) is 6.09. The molecule has 1 aromatic rings. The molecule has 68 valence electrons. The van der Waals surface area contributed by atoms with Crippen molar-refractivity contribution in [1.82, 2.24) is 0 Å². The van der Waals surface area contributed by atoms with E-state index in [9.17, 15) is 9.18 Å². The summed E-state index contributed by atoms with van der Waals surface area (Å²) in [5.74, 6) is -0.381. The Balaban J connectivity index is 2.92. The fraction of sp³-hybridized carbons (Fsp3) is 0.100. The van der Waals surface area contributed by atoms with Crippen molar-refractivity contribution < 1.29 is 9.18 Å². The van der Waals surface area contributed by atoms with Crippen LogP contribution in [0.3, 0.4) is 0 Å². The summed E-state index contributed by atoms with van der Waals surface area (Å²) in [7, 11) is 0. The molecule has 0 bridgehead atoms. The smallest absolute Gasteiger partial charge is 0.152 e. The molecule has 0 amide bonds. The lowest BCUT2D eigenvalue weighted by Crippen LogP contribution is -1.82. The normalized spacial score (nSPS) is 10.7. The summed E-state index contributed by atoms with van der Waals surface area (Å²) >= 11 is 3.04. The van der Waals surface area contributed by atoms with Gasteiger partial charge in [-0.15, -0.1) is 0 Å². The molecule has 0 saturated heterocycles. The van der Waals surface area contributed by atoms with Crippen molar-refractivity contribution in [3.8, 4) is 0 Å². The summed E-state index contributed by atoms with van der Waals surface area (Å²) in [5, 5.41) is 0. The molecule has 0 N–H and O–H groups in total. The van der Waals surface area contributed by atoms with Crippen LogP contribution in [0.15, 0.2) is 28.7 Å². The molecule has 0 fully saturated rings. The molecular formula is C10H8BrFO. The highest BCUT2D eigenvalue weighted by molar-refractivity contribution is 9.10. The molecule has 0 saturated carbocycles. The maximum atomic E-state index is 12.9. The second-order valence-electron chi connectivity index (χ2n) is 2.62. The second-order valence-corrected chi connectivity index (χ2v) is 3.47.